The van der Waals surface area contributed by atoms with E-state index in [1.54, 1.807) is 14.0 Å². The van der Waals surface area contributed by atoms with E-state index in [2.05, 4.69) is 5.32 Å². The molecule has 0 heterocycles. The second-order valence-corrected chi connectivity index (χ2v) is 3.63. The van der Waals surface area contributed by atoms with Crippen molar-refractivity contribution >= 4 is 0 Å². The number of hydrogen-bond donors (Lipinski definition) is 2. The second kappa shape index (κ2) is 5.19. The van der Waals surface area contributed by atoms with Gasteiger partial charge in [-0.05, 0) is 38.1 Å². The molecule has 0 aliphatic heterocycles. The Hall–Kier alpha value is -1.00. The monoisotopic (exact) mass is 215 g/mol. The number of rotatable bonds is 4. The van der Waals surface area contributed by atoms with Gasteiger partial charge in [-0.25, -0.2) is 8.78 Å². The van der Waals surface area contributed by atoms with E-state index in [0.29, 0.717) is 12.0 Å². The minimum absolute atomic E-state index is 0.241. The maximum absolute atomic E-state index is 12.9. The third-order valence-electron chi connectivity index (χ3n) is 2.21. The zero-order chi connectivity index (χ0) is 11.4. The summed E-state index contributed by atoms with van der Waals surface area (Å²) in [7, 11) is 1.69. The van der Waals surface area contributed by atoms with Crippen LogP contribution in [-0.2, 0) is 0 Å². The minimum Gasteiger partial charge on any atom is -0.393 e. The fraction of sp³-hybridized carbons (Fsp3) is 0.455. The molecule has 4 heteroatoms. The van der Waals surface area contributed by atoms with Crippen molar-refractivity contribution in [3.63, 3.8) is 0 Å². The van der Waals surface area contributed by atoms with Crippen LogP contribution in [-0.4, -0.2) is 18.3 Å². The van der Waals surface area contributed by atoms with E-state index in [0.717, 1.165) is 6.07 Å². The summed E-state index contributed by atoms with van der Waals surface area (Å²) in [6.45, 7) is 1.64. The second-order valence-electron chi connectivity index (χ2n) is 3.63. The molecule has 0 fully saturated rings. The Balaban J connectivity index is 2.91. The van der Waals surface area contributed by atoms with Gasteiger partial charge in [-0.15, -0.1) is 0 Å². The number of hydrogen-bond acceptors (Lipinski definition) is 2. The normalized spacial score (nSPS) is 15.0. The van der Waals surface area contributed by atoms with Crippen molar-refractivity contribution < 1.29 is 13.9 Å². The molecule has 1 rings (SSSR count). The summed E-state index contributed by atoms with van der Waals surface area (Å²) in [5.74, 6) is -1.20. The van der Waals surface area contributed by atoms with Crippen LogP contribution in [0.2, 0.25) is 0 Å². The molecule has 1 aromatic carbocycles. The van der Waals surface area contributed by atoms with Crippen molar-refractivity contribution in [3.05, 3.63) is 35.4 Å². The predicted molar refractivity (Wildman–Crippen MR) is 54.5 cm³/mol. The summed E-state index contributed by atoms with van der Waals surface area (Å²) in [5, 5.41) is 12.1. The summed E-state index contributed by atoms with van der Waals surface area (Å²) in [6.07, 6.45) is -0.104. The van der Waals surface area contributed by atoms with Gasteiger partial charge in [0.05, 0.1) is 6.10 Å². The Bertz CT molecular complexity index is 308. The Morgan fingerprint density at radius 3 is 2.20 bits per heavy atom. The molecular weight excluding hydrogens is 200 g/mol. The molecule has 0 radical (unpaired) electrons. The molecule has 0 amide bonds. The van der Waals surface area contributed by atoms with E-state index in [4.69, 9.17) is 0 Å². The maximum atomic E-state index is 12.9. The zero-order valence-corrected chi connectivity index (χ0v) is 8.80. The summed E-state index contributed by atoms with van der Waals surface area (Å²) in [4.78, 5) is 0. The summed E-state index contributed by atoms with van der Waals surface area (Å²) in [5.41, 5.74) is 0.510. The van der Waals surface area contributed by atoms with E-state index in [1.165, 1.54) is 12.1 Å². The van der Waals surface area contributed by atoms with E-state index in [-0.39, 0.29) is 6.04 Å². The average molecular weight is 215 g/mol. The summed E-state index contributed by atoms with van der Waals surface area (Å²) < 4.78 is 25.9. The summed E-state index contributed by atoms with van der Waals surface area (Å²) >= 11 is 0. The Morgan fingerprint density at radius 1 is 1.27 bits per heavy atom. The fourth-order valence-corrected chi connectivity index (χ4v) is 1.54. The highest BCUT2D eigenvalue weighted by atomic mass is 19.1. The van der Waals surface area contributed by atoms with Crippen LogP contribution in [0.25, 0.3) is 0 Å². The molecule has 84 valence electrons. The van der Waals surface area contributed by atoms with Crippen LogP contribution in [0.3, 0.4) is 0 Å². The maximum Gasteiger partial charge on any atom is 0.126 e. The zero-order valence-electron chi connectivity index (χ0n) is 8.80. The van der Waals surface area contributed by atoms with Crippen LogP contribution < -0.4 is 5.32 Å². The lowest BCUT2D eigenvalue weighted by molar-refractivity contribution is 0.169. The van der Waals surface area contributed by atoms with Crippen LogP contribution in [0.15, 0.2) is 18.2 Å². The van der Waals surface area contributed by atoms with Gasteiger partial charge < -0.3 is 10.4 Å². The lowest BCUT2D eigenvalue weighted by Gasteiger charge is -2.18. The standard InChI is InChI=1S/C11H15F2NO/c1-7(15)3-11(14-2)8-4-9(12)6-10(13)5-8/h4-7,11,14-15H,3H2,1-2H3. The van der Waals surface area contributed by atoms with Gasteiger partial charge in [0.2, 0.25) is 0 Å². The molecule has 2 atom stereocenters. The molecule has 0 bridgehead atoms. The Morgan fingerprint density at radius 2 is 1.80 bits per heavy atom. The third kappa shape index (κ3) is 3.57. The Kier molecular flexibility index (Phi) is 4.17. The average Bonchev–Trinajstić information content (AvgIpc) is 2.12. The highest BCUT2D eigenvalue weighted by molar-refractivity contribution is 5.21. The van der Waals surface area contributed by atoms with Crippen molar-refractivity contribution in [2.45, 2.75) is 25.5 Å². The smallest absolute Gasteiger partial charge is 0.126 e. The van der Waals surface area contributed by atoms with Gasteiger partial charge in [0.15, 0.2) is 0 Å². The predicted octanol–water partition coefficient (Wildman–Crippen LogP) is 2.00. The van der Waals surface area contributed by atoms with Crippen LogP contribution in [0.1, 0.15) is 24.9 Å². The molecule has 2 unspecified atom stereocenters. The van der Waals surface area contributed by atoms with Crippen LogP contribution in [0.5, 0.6) is 0 Å². The van der Waals surface area contributed by atoms with Crippen molar-refractivity contribution in [2.24, 2.45) is 0 Å². The number of benzene rings is 1. The van der Waals surface area contributed by atoms with Gasteiger partial charge in [-0.2, -0.15) is 0 Å². The molecule has 15 heavy (non-hydrogen) atoms. The van der Waals surface area contributed by atoms with Crippen molar-refractivity contribution in [2.75, 3.05) is 7.05 Å². The first-order valence-corrected chi connectivity index (χ1v) is 4.84. The lowest BCUT2D eigenvalue weighted by atomic mass is 10.0. The number of nitrogens with one attached hydrogen (secondary N) is 1. The van der Waals surface area contributed by atoms with Gasteiger partial charge in [-0.1, -0.05) is 0 Å². The molecule has 0 aromatic heterocycles. The van der Waals surface area contributed by atoms with Gasteiger partial charge in [-0.3, -0.25) is 0 Å². The topological polar surface area (TPSA) is 32.3 Å². The molecule has 0 aliphatic rings. The van der Waals surface area contributed by atoms with Crippen molar-refractivity contribution in [1.82, 2.24) is 5.32 Å². The quantitative estimate of drug-likeness (QED) is 0.805. The molecule has 2 nitrogen and oxygen atoms in total. The van der Waals surface area contributed by atoms with Gasteiger partial charge in [0.1, 0.15) is 11.6 Å². The largest absolute Gasteiger partial charge is 0.393 e. The van der Waals surface area contributed by atoms with Crippen LogP contribution in [0, 0.1) is 11.6 Å². The molecule has 0 saturated carbocycles. The van der Waals surface area contributed by atoms with Gasteiger partial charge in [0, 0.05) is 12.1 Å². The Labute approximate surface area is 87.9 Å². The molecule has 2 N–H and O–H groups in total. The molecular formula is C11H15F2NO. The number of aliphatic hydroxyl groups excluding tert-OH is 1. The third-order valence-corrected chi connectivity index (χ3v) is 2.21. The van der Waals surface area contributed by atoms with E-state index in [9.17, 15) is 13.9 Å². The lowest BCUT2D eigenvalue weighted by Crippen LogP contribution is -2.21. The summed E-state index contributed by atoms with van der Waals surface area (Å²) in [6, 6.07) is 3.13. The van der Waals surface area contributed by atoms with Gasteiger partial charge >= 0.3 is 0 Å². The van der Waals surface area contributed by atoms with Crippen LogP contribution in [0.4, 0.5) is 8.78 Å². The number of halogens is 2. The number of aliphatic hydroxyl groups is 1. The van der Waals surface area contributed by atoms with E-state index < -0.39 is 17.7 Å². The van der Waals surface area contributed by atoms with Crippen molar-refractivity contribution in [1.29, 1.82) is 0 Å². The molecule has 1 aromatic rings. The minimum atomic E-state index is -0.601. The fourth-order valence-electron chi connectivity index (χ4n) is 1.54. The highest BCUT2D eigenvalue weighted by Gasteiger charge is 2.13. The van der Waals surface area contributed by atoms with Gasteiger partial charge in [0.25, 0.3) is 0 Å². The highest BCUT2D eigenvalue weighted by Crippen LogP contribution is 2.20. The van der Waals surface area contributed by atoms with E-state index in [1.807, 2.05) is 0 Å². The first kappa shape index (κ1) is 12.1. The first-order valence-electron chi connectivity index (χ1n) is 4.84. The van der Waals surface area contributed by atoms with Crippen LogP contribution >= 0.6 is 0 Å². The molecule has 0 saturated heterocycles. The van der Waals surface area contributed by atoms with Crippen molar-refractivity contribution in [3.8, 4) is 0 Å². The SMILES string of the molecule is CNC(CC(C)O)c1cc(F)cc(F)c1. The first-order chi connectivity index (χ1) is 7.02. The molecule has 0 spiro atoms. The van der Waals surface area contributed by atoms with E-state index >= 15 is 0 Å². The molecule has 0 aliphatic carbocycles.